The fourth-order valence-corrected chi connectivity index (χ4v) is 11.5. The summed E-state index contributed by atoms with van der Waals surface area (Å²) in [5, 5.41) is 10.9. The Hall–Kier alpha value is -2.46. The molecule has 46 heavy (non-hydrogen) atoms. The molecule has 4 aliphatic carbocycles. The summed E-state index contributed by atoms with van der Waals surface area (Å²) < 4.78 is 19.1. The minimum Gasteiger partial charge on any atom is -0.481 e. The number of guanidine groups is 1. The third-order valence-corrected chi connectivity index (χ3v) is 14.1. The van der Waals surface area contributed by atoms with E-state index in [4.69, 9.17) is 25.7 Å². The van der Waals surface area contributed by atoms with Gasteiger partial charge in [0, 0.05) is 23.2 Å². The van der Waals surface area contributed by atoms with E-state index in [1.807, 2.05) is 19.9 Å². The lowest BCUT2D eigenvalue weighted by Crippen LogP contribution is -2.71. The van der Waals surface area contributed by atoms with Gasteiger partial charge in [-0.2, -0.15) is 0 Å². The summed E-state index contributed by atoms with van der Waals surface area (Å²) in [6.07, 6.45) is 4.54. The van der Waals surface area contributed by atoms with Gasteiger partial charge < -0.3 is 30.8 Å². The molecule has 258 valence electrons. The molecule has 5 aliphatic rings. The molecule has 1 saturated heterocycles. The number of rotatable bonds is 8. The molecule has 3 saturated carbocycles. The van der Waals surface area contributed by atoms with Crippen LogP contribution in [0.5, 0.6) is 0 Å². The summed E-state index contributed by atoms with van der Waals surface area (Å²) in [5.74, 6) is -1.63. The average Bonchev–Trinajstić information content (AvgIpc) is 2.93. The van der Waals surface area contributed by atoms with E-state index in [0.29, 0.717) is 19.6 Å². The van der Waals surface area contributed by atoms with Gasteiger partial charge in [-0.05, 0) is 79.6 Å². The van der Waals surface area contributed by atoms with Crippen molar-refractivity contribution in [3.8, 4) is 0 Å². The molecule has 2 bridgehead atoms. The topological polar surface area (TPSA) is 164 Å². The number of ketones is 1. The Labute approximate surface area is 274 Å². The van der Waals surface area contributed by atoms with E-state index in [0.717, 1.165) is 31.3 Å². The van der Waals surface area contributed by atoms with Crippen LogP contribution in [0.25, 0.3) is 0 Å². The molecule has 12 atom stereocenters. The van der Waals surface area contributed by atoms with Crippen molar-refractivity contribution in [2.45, 2.75) is 113 Å². The average molecular weight is 644 g/mol. The number of hydrogen-bond donors (Lipinski definition) is 3. The summed E-state index contributed by atoms with van der Waals surface area (Å²) in [6, 6.07) is -0.285. The van der Waals surface area contributed by atoms with E-state index < -0.39 is 51.2 Å². The number of fused-ring (bicyclic) bond motifs is 3. The highest BCUT2D eigenvalue weighted by molar-refractivity contribution is 6.00. The van der Waals surface area contributed by atoms with Gasteiger partial charge in [-0.1, -0.05) is 54.0 Å². The quantitative estimate of drug-likeness (QED) is 0.193. The number of ether oxygens (including phenoxy) is 3. The van der Waals surface area contributed by atoms with Crippen LogP contribution in [0.15, 0.2) is 16.6 Å². The van der Waals surface area contributed by atoms with Crippen LogP contribution in [-0.4, -0.2) is 66.9 Å². The van der Waals surface area contributed by atoms with Crippen LogP contribution < -0.4 is 11.5 Å². The first-order valence-corrected chi connectivity index (χ1v) is 17.2. The van der Waals surface area contributed by atoms with E-state index in [2.05, 4.69) is 46.5 Å². The standard InChI is InChI=1S/C36H57N3O7/c1-19(2)21(4)32(6)12-13-34(8)23-10-11-26-33(7)17-44-18-36(26,24(23)14-27(41)35(34,9)28(32)30(42)43)15-25(46-22(5)40)29(33)45-16-20(3)39-31(37)38/h14,19-21,23,25-26,28-29H,10-13,15-18H2,1-9H3,(H,42,43)(H4,37,38,39)/t20?,21-,23+,25-,26?,28-,29+,32-,33-,34-,35+,36+/m1/s1. The monoisotopic (exact) mass is 643 g/mol. The molecule has 5 rings (SSSR count). The number of aliphatic imine (C=N–C) groups is 1. The predicted molar refractivity (Wildman–Crippen MR) is 175 cm³/mol. The summed E-state index contributed by atoms with van der Waals surface area (Å²) >= 11 is 0. The maximum Gasteiger partial charge on any atom is 0.308 e. The van der Waals surface area contributed by atoms with Crippen LogP contribution >= 0.6 is 0 Å². The number of nitrogens with zero attached hydrogens (tertiary/aromatic N) is 1. The molecule has 10 nitrogen and oxygen atoms in total. The zero-order valence-electron chi connectivity index (χ0n) is 29.4. The molecular weight excluding hydrogens is 586 g/mol. The zero-order chi connectivity index (χ0) is 34.2. The van der Waals surface area contributed by atoms with Crippen molar-refractivity contribution in [3.63, 3.8) is 0 Å². The zero-order valence-corrected chi connectivity index (χ0v) is 29.4. The number of carboxylic acids is 1. The molecule has 0 spiro atoms. The predicted octanol–water partition coefficient (Wildman–Crippen LogP) is 4.73. The molecule has 0 aromatic rings. The first kappa shape index (κ1) is 34.9. The van der Waals surface area contributed by atoms with E-state index >= 15 is 0 Å². The number of allylic oxidation sites excluding steroid dienone is 1. The molecule has 10 heteroatoms. The van der Waals surface area contributed by atoms with E-state index in [-0.39, 0.29) is 54.0 Å². The summed E-state index contributed by atoms with van der Waals surface area (Å²) in [7, 11) is 0. The number of carbonyl (C=O) groups is 3. The number of carboxylic acid groups (broad SMARTS) is 1. The summed E-state index contributed by atoms with van der Waals surface area (Å²) in [5.41, 5.74) is 9.10. The van der Waals surface area contributed by atoms with E-state index in [1.54, 1.807) is 0 Å². The lowest BCUT2D eigenvalue weighted by Gasteiger charge is -2.70. The maximum absolute atomic E-state index is 14.8. The first-order valence-electron chi connectivity index (χ1n) is 17.2. The number of esters is 1. The SMILES string of the molecule is CC(=O)O[C@@H]1C[C@@]23COC[C@](C)(C2CC[C@H]2C3=CC(=O)[C@@]3(C)[C@H](C(=O)O)[C@@](C)([C@H](C)C(C)C)CC[C@]23C)[C@H]1OCC(C)N=C(N)N. The fraction of sp³-hybridized carbons (Fsp3) is 0.833. The van der Waals surface area contributed by atoms with Gasteiger partial charge in [-0.15, -0.1) is 0 Å². The van der Waals surface area contributed by atoms with Gasteiger partial charge in [0.15, 0.2) is 11.7 Å². The summed E-state index contributed by atoms with van der Waals surface area (Å²) in [6.45, 7) is 19.2. The van der Waals surface area contributed by atoms with Crippen LogP contribution in [0.1, 0.15) is 94.4 Å². The van der Waals surface area contributed by atoms with Crippen LogP contribution in [0.3, 0.4) is 0 Å². The van der Waals surface area contributed by atoms with Crippen molar-refractivity contribution in [2.24, 2.45) is 73.1 Å². The van der Waals surface area contributed by atoms with E-state index in [9.17, 15) is 19.5 Å². The molecule has 2 unspecified atom stereocenters. The molecule has 0 aromatic carbocycles. The molecular formula is C36H57N3O7. The van der Waals surface area contributed by atoms with Crippen molar-refractivity contribution in [2.75, 3.05) is 19.8 Å². The van der Waals surface area contributed by atoms with Crippen LogP contribution in [0.2, 0.25) is 0 Å². The van der Waals surface area contributed by atoms with Gasteiger partial charge in [0.1, 0.15) is 12.2 Å². The second-order valence-corrected chi connectivity index (χ2v) is 16.7. The number of hydrogen-bond acceptors (Lipinski definition) is 7. The van der Waals surface area contributed by atoms with Crippen molar-refractivity contribution >= 4 is 23.7 Å². The minimum absolute atomic E-state index is 0.00971. The second-order valence-electron chi connectivity index (χ2n) is 16.7. The molecule has 4 fully saturated rings. The van der Waals surface area contributed by atoms with E-state index in [1.165, 1.54) is 6.92 Å². The second kappa shape index (κ2) is 11.6. The Bertz CT molecular complexity index is 1330. The molecule has 5 N–H and O–H groups in total. The normalized spacial score (nSPS) is 44.5. The third kappa shape index (κ3) is 4.86. The fourth-order valence-electron chi connectivity index (χ4n) is 11.5. The Morgan fingerprint density at radius 1 is 1.09 bits per heavy atom. The molecule has 0 aromatic heterocycles. The highest BCUT2D eigenvalue weighted by Crippen LogP contribution is 2.74. The smallest absolute Gasteiger partial charge is 0.308 e. The van der Waals surface area contributed by atoms with Crippen molar-refractivity contribution in [3.05, 3.63) is 11.6 Å². The Balaban J connectivity index is 1.60. The van der Waals surface area contributed by atoms with Crippen LogP contribution in [0.4, 0.5) is 0 Å². The first-order chi connectivity index (χ1) is 21.3. The highest BCUT2D eigenvalue weighted by atomic mass is 16.6. The van der Waals surface area contributed by atoms with Crippen molar-refractivity contribution in [1.29, 1.82) is 0 Å². The summed E-state index contributed by atoms with van der Waals surface area (Å²) in [4.78, 5) is 44.8. The van der Waals surface area contributed by atoms with Crippen LogP contribution in [-0.2, 0) is 28.6 Å². The number of carbonyl (C=O) groups excluding carboxylic acids is 2. The highest BCUT2D eigenvalue weighted by Gasteiger charge is 2.74. The maximum atomic E-state index is 14.8. The van der Waals surface area contributed by atoms with Gasteiger partial charge in [-0.25, -0.2) is 4.99 Å². The Morgan fingerprint density at radius 2 is 1.76 bits per heavy atom. The van der Waals surface area contributed by atoms with Gasteiger partial charge in [-0.3, -0.25) is 14.4 Å². The number of nitrogens with two attached hydrogens (primary N) is 2. The lowest BCUT2D eigenvalue weighted by molar-refractivity contribution is -0.266. The molecule has 0 amide bonds. The van der Waals surface area contributed by atoms with Gasteiger partial charge in [0.25, 0.3) is 0 Å². The molecule has 0 radical (unpaired) electrons. The van der Waals surface area contributed by atoms with Gasteiger partial charge in [0.2, 0.25) is 0 Å². The van der Waals surface area contributed by atoms with Gasteiger partial charge >= 0.3 is 11.9 Å². The van der Waals surface area contributed by atoms with Crippen LogP contribution in [0, 0.1) is 56.7 Å². The largest absolute Gasteiger partial charge is 0.481 e. The Morgan fingerprint density at radius 3 is 2.35 bits per heavy atom. The van der Waals surface area contributed by atoms with Crippen molar-refractivity contribution < 1.29 is 33.7 Å². The Kier molecular flexibility index (Phi) is 8.79. The lowest BCUT2D eigenvalue weighted by atomic mass is 9.34. The molecule has 1 aliphatic heterocycles. The third-order valence-electron chi connectivity index (χ3n) is 14.1. The minimum atomic E-state index is -1.07. The van der Waals surface area contributed by atoms with Crippen molar-refractivity contribution in [1.82, 2.24) is 0 Å². The molecule has 1 heterocycles. The number of aliphatic carboxylic acids is 1. The van der Waals surface area contributed by atoms with Gasteiger partial charge in [0.05, 0.1) is 31.8 Å².